The molecule has 2 heterocycles. The van der Waals surface area contributed by atoms with E-state index in [0.717, 1.165) is 0 Å². The lowest BCUT2D eigenvalue weighted by Crippen LogP contribution is -2.62. The predicted octanol–water partition coefficient (Wildman–Crippen LogP) is 2.21. The van der Waals surface area contributed by atoms with Gasteiger partial charge in [-0.1, -0.05) is 22.4 Å². The molecule has 4 rings (SSSR count). The first-order valence-corrected chi connectivity index (χ1v) is 10.1. The van der Waals surface area contributed by atoms with E-state index in [1.54, 1.807) is 36.4 Å². The van der Waals surface area contributed by atoms with E-state index in [2.05, 4.69) is 5.32 Å². The number of benzene rings is 2. The van der Waals surface area contributed by atoms with E-state index in [1.165, 1.54) is 17.5 Å². The van der Waals surface area contributed by atoms with Crippen molar-refractivity contribution >= 4 is 16.3 Å². The number of carbonyl (C=O) groups excluding carboxylic acids is 1. The molecule has 0 aromatic heterocycles. The van der Waals surface area contributed by atoms with Gasteiger partial charge in [-0.2, -0.15) is 0 Å². The number of ether oxygens (including phenoxy) is 2. The van der Waals surface area contributed by atoms with E-state index in [9.17, 15) is 13.6 Å². The molecule has 0 saturated carbocycles. The third-order valence-corrected chi connectivity index (χ3v) is 6.88. The van der Waals surface area contributed by atoms with Crippen molar-refractivity contribution in [3.63, 3.8) is 0 Å². The Morgan fingerprint density at radius 2 is 1.93 bits per heavy atom. The number of hydrogen-bond donors (Lipinski definition) is 1. The normalized spacial score (nSPS) is 20.9. The van der Waals surface area contributed by atoms with Gasteiger partial charge in [0.15, 0.2) is 21.0 Å². The second-order valence-corrected chi connectivity index (χ2v) is 8.57. The molecule has 1 unspecified atom stereocenters. The number of piperidine rings is 1. The van der Waals surface area contributed by atoms with E-state index < -0.39 is 16.1 Å². The predicted molar refractivity (Wildman–Crippen MR) is 98.2 cm³/mol. The van der Waals surface area contributed by atoms with Crippen LogP contribution >= 0.6 is 0 Å². The number of fused-ring (bicyclic) bond motifs is 1. The van der Waals surface area contributed by atoms with Crippen molar-refractivity contribution in [3.05, 3.63) is 54.1 Å². The minimum Gasteiger partial charge on any atom is -0.593 e. The maximum absolute atomic E-state index is 12.9. The van der Waals surface area contributed by atoms with E-state index in [0.29, 0.717) is 29.9 Å². The van der Waals surface area contributed by atoms with Crippen LogP contribution in [0.4, 0.5) is 0 Å². The van der Waals surface area contributed by atoms with Crippen molar-refractivity contribution in [1.29, 1.82) is 0 Å². The number of rotatable bonds is 3. The molecule has 2 aliphatic heterocycles. The second kappa shape index (κ2) is 6.63. The van der Waals surface area contributed by atoms with Gasteiger partial charge < -0.3 is 19.3 Å². The fraction of sp³-hybridized carbons (Fsp3) is 0.316. The van der Waals surface area contributed by atoms with Crippen LogP contribution < -0.4 is 14.8 Å². The molecule has 2 aromatic rings. The summed E-state index contributed by atoms with van der Waals surface area (Å²) < 4.78 is 38.5. The minimum atomic E-state index is -3.64. The van der Waals surface area contributed by atoms with Gasteiger partial charge in [-0.3, -0.25) is 4.79 Å². The van der Waals surface area contributed by atoms with Crippen molar-refractivity contribution in [3.8, 4) is 11.5 Å². The molecular weight excluding hydrogens is 368 g/mol. The Hall–Kier alpha value is -2.42. The number of hydrogen-bond acceptors (Lipinski definition) is 5. The number of carbonyl (C=O) groups is 1. The molecule has 1 fully saturated rings. The van der Waals surface area contributed by atoms with Crippen LogP contribution in [-0.2, 0) is 14.6 Å². The maximum Gasteiger partial charge on any atom is 0.258 e. The van der Waals surface area contributed by atoms with Gasteiger partial charge in [0.2, 0.25) is 0 Å². The van der Waals surface area contributed by atoms with Gasteiger partial charge in [0.25, 0.3) is 5.91 Å². The number of sulfonamides is 1. The van der Waals surface area contributed by atoms with Gasteiger partial charge in [0.1, 0.15) is 11.5 Å². The van der Waals surface area contributed by atoms with Crippen LogP contribution in [0.15, 0.2) is 53.4 Å². The van der Waals surface area contributed by atoms with Crippen molar-refractivity contribution in [2.45, 2.75) is 23.5 Å². The summed E-state index contributed by atoms with van der Waals surface area (Å²) in [5.41, 5.74) is -0.374. The van der Waals surface area contributed by atoms with Crippen LogP contribution in [0.25, 0.3) is 0 Å². The van der Waals surface area contributed by atoms with Crippen LogP contribution in [0.3, 0.4) is 0 Å². The molecular formula is C19H20N2O5S. The molecule has 8 heteroatoms. The highest BCUT2D eigenvalue weighted by Gasteiger charge is 2.46. The average Bonchev–Trinajstić information content (AvgIpc) is 2.68. The lowest BCUT2D eigenvalue weighted by atomic mass is 9.98. The molecule has 1 spiro atoms. The molecule has 2 aliphatic rings. The molecule has 1 saturated heterocycles. The van der Waals surface area contributed by atoms with Gasteiger partial charge in [0.05, 0.1) is 25.8 Å². The summed E-state index contributed by atoms with van der Waals surface area (Å²) in [5.74, 6) is 0.829. The zero-order valence-electron chi connectivity index (χ0n) is 14.8. The standard InChI is InChI=1S/C19H20N2O5S/c1-25-14-5-4-6-15(13-14)27(23,24)21-11-9-19(10-12-21)20-18(22)16-7-2-3-8-17(16)26-19/h2-8,13H,9-12H2,1H3,(H-,20,22,23,24). The first kappa shape index (κ1) is 18.0. The summed E-state index contributed by atoms with van der Waals surface area (Å²) in [7, 11) is -2.14. The Bertz CT molecular complexity index is 924. The number of para-hydroxylation sites is 1. The lowest BCUT2D eigenvalue weighted by molar-refractivity contribution is -0.0164. The summed E-state index contributed by atoms with van der Waals surface area (Å²) in [4.78, 5) is 12.6. The molecule has 0 bridgehead atoms. The van der Waals surface area contributed by atoms with Crippen LogP contribution in [-0.4, -0.2) is 40.7 Å². The first-order chi connectivity index (χ1) is 12.9. The Labute approximate surface area is 158 Å². The fourth-order valence-electron chi connectivity index (χ4n) is 3.48. The Morgan fingerprint density at radius 3 is 2.67 bits per heavy atom. The van der Waals surface area contributed by atoms with Gasteiger partial charge in [0, 0.05) is 18.9 Å². The van der Waals surface area contributed by atoms with Crippen molar-refractivity contribution in [2.24, 2.45) is 0 Å². The van der Waals surface area contributed by atoms with E-state index >= 15 is 0 Å². The summed E-state index contributed by atoms with van der Waals surface area (Å²) in [5, 5.41) is 2.92. The van der Waals surface area contributed by atoms with Gasteiger partial charge in [-0.15, -0.1) is 4.31 Å². The van der Waals surface area contributed by atoms with Gasteiger partial charge in [-0.05, 0) is 24.3 Å². The summed E-state index contributed by atoms with van der Waals surface area (Å²) in [6.07, 6.45) is 0.743. The SMILES string of the molecule is COc1cccc([S+](=O)([O-])N2CCC3(CC2)NC(=O)c2ccccc2O3)c1. The second-order valence-electron chi connectivity index (χ2n) is 6.63. The first-order valence-electron chi connectivity index (χ1n) is 8.68. The van der Waals surface area contributed by atoms with Gasteiger partial charge >= 0.3 is 0 Å². The highest BCUT2D eigenvalue weighted by Crippen LogP contribution is 2.36. The van der Waals surface area contributed by atoms with Crippen LogP contribution in [0, 0.1) is 0 Å². The molecule has 1 N–H and O–H groups in total. The highest BCUT2D eigenvalue weighted by atomic mass is 32.3. The van der Waals surface area contributed by atoms with Crippen LogP contribution in [0.5, 0.6) is 11.5 Å². The number of methoxy groups -OCH3 is 1. The van der Waals surface area contributed by atoms with E-state index in [4.69, 9.17) is 9.47 Å². The molecule has 7 nitrogen and oxygen atoms in total. The third kappa shape index (κ3) is 3.20. The fourth-order valence-corrected chi connectivity index (χ4v) is 4.96. The minimum absolute atomic E-state index is 0.191. The van der Waals surface area contributed by atoms with Crippen molar-refractivity contribution < 1.29 is 23.0 Å². The molecule has 0 radical (unpaired) electrons. The summed E-state index contributed by atoms with van der Waals surface area (Å²) in [6, 6.07) is 13.5. The monoisotopic (exact) mass is 388 g/mol. The molecule has 1 atom stereocenters. The Kier molecular flexibility index (Phi) is 4.41. The average molecular weight is 388 g/mol. The van der Waals surface area contributed by atoms with Crippen molar-refractivity contribution in [1.82, 2.24) is 9.62 Å². The smallest absolute Gasteiger partial charge is 0.258 e. The van der Waals surface area contributed by atoms with Crippen LogP contribution in [0.1, 0.15) is 23.2 Å². The quantitative estimate of drug-likeness (QED) is 0.814. The van der Waals surface area contributed by atoms with E-state index in [1.807, 2.05) is 6.07 Å². The topological polar surface area (TPSA) is 90.9 Å². The largest absolute Gasteiger partial charge is 0.593 e. The Balaban J connectivity index is 1.52. The van der Waals surface area contributed by atoms with Gasteiger partial charge in [-0.25, -0.2) is 0 Å². The Morgan fingerprint density at radius 1 is 1.19 bits per heavy atom. The van der Waals surface area contributed by atoms with E-state index in [-0.39, 0.29) is 23.9 Å². The molecule has 142 valence electrons. The molecule has 0 aliphatic carbocycles. The molecule has 27 heavy (non-hydrogen) atoms. The molecule has 2 aromatic carbocycles. The number of nitrogens with one attached hydrogen (secondary N) is 1. The zero-order valence-corrected chi connectivity index (χ0v) is 15.7. The van der Waals surface area contributed by atoms with Crippen LogP contribution in [0.2, 0.25) is 0 Å². The summed E-state index contributed by atoms with van der Waals surface area (Å²) >= 11 is 0. The molecule has 1 amide bonds. The lowest BCUT2D eigenvalue weighted by Gasteiger charge is -2.44. The summed E-state index contributed by atoms with van der Waals surface area (Å²) in [6.45, 7) is 0.504. The highest BCUT2D eigenvalue weighted by molar-refractivity contribution is 7.95. The number of amides is 1. The zero-order chi connectivity index (χ0) is 19.1. The maximum atomic E-state index is 12.9. The van der Waals surface area contributed by atoms with Crippen molar-refractivity contribution in [2.75, 3.05) is 20.2 Å². The third-order valence-electron chi connectivity index (χ3n) is 4.99. The number of nitrogens with zero attached hydrogens (tertiary/aromatic N) is 1.